The minimum absolute atomic E-state index is 0.0875. The van der Waals surface area contributed by atoms with E-state index in [1.165, 1.54) is 16.4 Å². The summed E-state index contributed by atoms with van der Waals surface area (Å²) in [5, 5.41) is 0. The van der Waals surface area contributed by atoms with E-state index in [1.807, 2.05) is 0 Å². The minimum Gasteiger partial charge on any atom is -0.325 e. The van der Waals surface area contributed by atoms with E-state index in [4.69, 9.17) is 5.73 Å². The highest BCUT2D eigenvalue weighted by Crippen LogP contribution is 2.23. The van der Waals surface area contributed by atoms with Crippen molar-refractivity contribution < 1.29 is 12.8 Å². The highest BCUT2D eigenvalue weighted by atomic mass is 32.2. The molecule has 6 heteroatoms. The average molecular weight is 244 g/mol. The number of benzene rings is 1. The molecule has 0 saturated carbocycles. The van der Waals surface area contributed by atoms with E-state index in [0.717, 1.165) is 6.07 Å². The summed E-state index contributed by atoms with van der Waals surface area (Å²) in [6.07, 6.45) is 0. The van der Waals surface area contributed by atoms with E-state index < -0.39 is 15.8 Å². The molecule has 0 aliphatic carbocycles. The fraction of sp³-hybridized carbons (Fsp3) is 0.400. The third-order valence-corrected chi connectivity index (χ3v) is 4.62. The molecule has 2 N–H and O–H groups in total. The molecule has 0 radical (unpaired) electrons. The van der Waals surface area contributed by atoms with Crippen LogP contribution in [0.1, 0.15) is 5.56 Å². The van der Waals surface area contributed by atoms with Gasteiger partial charge in [-0.2, -0.15) is 4.31 Å². The van der Waals surface area contributed by atoms with Crippen LogP contribution in [0.4, 0.5) is 4.39 Å². The Morgan fingerprint density at radius 2 is 2.06 bits per heavy atom. The van der Waals surface area contributed by atoms with Crippen molar-refractivity contribution in [1.82, 2.24) is 4.31 Å². The summed E-state index contributed by atoms with van der Waals surface area (Å²) < 4.78 is 38.2. The maximum atomic E-state index is 12.9. The Labute approximate surface area is 93.9 Å². The van der Waals surface area contributed by atoms with Crippen molar-refractivity contribution in [3.8, 4) is 0 Å². The Morgan fingerprint density at radius 1 is 1.44 bits per heavy atom. The third kappa shape index (κ3) is 1.83. The number of hydrogen-bond donors (Lipinski definition) is 1. The van der Waals surface area contributed by atoms with Gasteiger partial charge in [0, 0.05) is 19.1 Å². The van der Waals surface area contributed by atoms with Gasteiger partial charge in [0.05, 0.1) is 4.90 Å². The van der Waals surface area contributed by atoms with Gasteiger partial charge in [-0.05, 0) is 30.7 Å². The van der Waals surface area contributed by atoms with E-state index in [-0.39, 0.29) is 10.9 Å². The molecular weight excluding hydrogens is 231 g/mol. The Bertz CT molecular complexity index is 510. The number of nitrogens with two attached hydrogens (primary N) is 1. The molecule has 1 aromatic carbocycles. The number of halogens is 1. The van der Waals surface area contributed by atoms with Gasteiger partial charge in [-0.15, -0.1) is 0 Å². The van der Waals surface area contributed by atoms with Gasteiger partial charge in [0.25, 0.3) is 0 Å². The van der Waals surface area contributed by atoms with Crippen LogP contribution in [0.25, 0.3) is 0 Å². The second-order valence-electron chi connectivity index (χ2n) is 3.99. The van der Waals surface area contributed by atoms with E-state index in [2.05, 4.69) is 0 Å². The number of rotatable bonds is 2. The lowest BCUT2D eigenvalue weighted by Gasteiger charge is -2.35. The van der Waals surface area contributed by atoms with Gasteiger partial charge in [0.15, 0.2) is 0 Å². The van der Waals surface area contributed by atoms with Crippen molar-refractivity contribution in [3.63, 3.8) is 0 Å². The minimum atomic E-state index is -3.50. The number of aryl methyl sites for hydroxylation is 1. The van der Waals surface area contributed by atoms with E-state index >= 15 is 0 Å². The SMILES string of the molecule is Cc1cc(F)ccc1S(=O)(=O)N1CC(N)C1. The van der Waals surface area contributed by atoms with Gasteiger partial charge < -0.3 is 5.73 Å². The van der Waals surface area contributed by atoms with Gasteiger partial charge in [-0.1, -0.05) is 0 Å². The summed E-state index contributed by atoms with van der Waals surface area (Å²) in [4.78, 5) is 0.154. The first-order valence-electron chi connectivity index (χ1n) is 4.93. The lowest BCUT2D eigenvalue weighted by Crippen LogP contribution is -2.57. The molecule has 1 aliphatic heterocycles. The standard InChI is InChI=1S/C10H13FN2O2S/c1-7-4-8(11)2-3-10(7)16(14,15)13-5-9(12)6-13/h2-4,9H,5-6,12H2,1H3. The molecule has 0 unspecified atom stereocenters. The summed E-state index contributed by atoms with van der Waals surface area (Å²) in [6.45, 7) is 2.24. The molecule has 1 saturated heterocycles. The molecule has 1 heterocycles. The van der Waals surface area contributed by atoms with Crippen molar-refractivity contribution in [3.05, 3.63) is 29.6 Å². The lowest BCUT2D eigenvalue weighted by molar-refractivity contribution is 0.265. The van der Waals surface area contributed by atoms with Crippen LogP contribution in [0, 0.1) is 12.7 Å². The fourth-order valence-electron chi connectivity index (χ4n) is 1.71. The first-order valence-corrected chi connectivity index (χ1v) is 6.37. The molecule has 0 aromatic heterocycles. The van der Waals surface area contributed by atoms with E-state index in [1.54, 1.807) is 6.92 Å². The van der Waals surface area contributed by atoms with E-state index in [9.17, 15) is 12.8 Å². The number of sulfonamides is 1. The Morgan fingerprint density at radius 3 is 2.56 bits per heavy atom. The maximum absolute atomic E-state index is 12.9. The van der Waals surface area contributed by atoms with Crippen molar-refractivity contribution in [2.24, 2.45) is 5.73 Å². The normalized spacial score (nSPS) is 18.4. The molecule has 1 aliphatic rings. The molecule has 0 spiro atoms. The predicted molar refractivity (Wildman–Crippen MR) is 57.9 cm³/mol. The first kappa shape index (κ1) is 11.5. The largest absolute Gasteiger partial charge is 0.325 e. The second-order valence-corrected chi connectivity index (χ2v) is 5.90. The van der Waals surface area contributed by atoms with E-state index in [0.29, 0.717) is 18.7 Å². The van der Waals surface area contributed by atoms with Gasteiger partial charge in [-0.3, -0.25) is 0 Å². The molecule has 0 amide bonds. The molecule has 16 heavy (non-hydrogen) atoms. The van der Waals surface area contributed by atoms with Crippen LogP contribution in [-0.4, -0.2) is 31.9 Å². The highest BCUT2D eigenvalue weighted by molar-refractivity contribution is 7.89. The van der Waals surface area contributed by atoms with Crippen LogP contribution in [0.15, 0.2) is 23.1 Å². The van der Waals surface area contributed by atoms with Crippen LogP contribution in [0.2, 0.25) is 0 Å². The van der Waals surface area contributed by atoms with Gasteiger partial charge in [0.1, 0.15) is 5.82 Å². The zero-order valence-corrected chi connectivity index (χ0v) is 9.67. The summed E-state index contributed by atoms with van der Waals surface area (Å²) in [5.41, 5.74) is 5.96. The molecular formula is C10H13FN2O2S. The first-order chi connectivity index (χ1) is 7.41. The average Bonchev–Trinajstić information content (AvgIpc) is 2.12. The summed E-state index contributed by atoms with van der Waals surface area (Å²) in [7, 11) is -3.50. The summed E-state index contributed by atoms with van der Waals surface area (Å²) in [5.74, 6) is -0.434. The van der Waals surface area contributed by atoms with Crippen molar-refractivity contribution in [2.45, 2.75) is 17.9 Å². The van der Waals surface area contributed by atoms with Crippen molar-refractivity contribution >= 4 is 10.0 Å². The van der Waals surface area contributed by atoms with Crippen LogP contribution < -0.4 is 5.73 Å². The molecule has 88 valence electrons. The topological polar surface area (TPSA) is 63.4 Å². The fourth-order valence-corrected chi connectivity index (χ4v) is 3.47. The Balaban J connectivity index is 2.36. The molecule has 1 aromatic rings. The zero-order valence-electron chi connectivity index (χ0n) is 8.85. The smallest absolute Gasteiger partial charge is 0.243 e. The summed E-state index contributed by atoms with van der Waals surface area (Å²) >= 11 is 0. The quantitative estimate of drug-likeness (QED) is 0.822. The third-order valence-electron chi connectivity index (χ3n) is 2.63. The van der Waals surface area contributed by atoms with Gasteiger partial charge in [-0.25, -0.2) is 12.8 Å². The van der Waals surface area contributed by atoms with Crippen LogP contribution in [0.5, 0.6) is 0 Å². The second kappa shape index (κ2) is 3.80. The van der Waals surface area contributed by atoms with Crippen molar-refractivity contribution in [1.29, 1.82) is 0 Å². The molecule has 0 atom stereocenters. The molecule has 2 rings (SSSR count). The number of hydrogen-bond acceptors (Lipinski definition) is 3. The van der Waals surface area contributed by atoms with Crippen LogP contribution >= 0.6 is 0 Å². The zero-order chi connectivity index (χ0) is 11.9. The maximum Gasteiger partial charge on any atom is 0.243 e. The number of nitrogens with zero attached hydrogens (tertiary/aromatic N) is 1. The monoisotopic (exact) mass is 244 g/mol. The van der Waals surface area contributed by atoms with Crippen LogP contribution in [0.3, 0.4) is 0 Å². The molecule has 4 nitrogen and oxygen atoms in total. The molecule has 1 fully saturated rings. The predicted octanol–water partition coefficient (Wildman–Crippen LogP) is 0.466. The highest BCUT2D eigenvalue weighted by Gasteiger charge is 2.35. The van der Waals surface area contributed by atoms with Crippen LogP contribution in [-0.2, 0) is 10.0 Å². The van der Waals surface area contributed by atoms with Gasteiger partial charge >= 0.3 is 0 Å². The van der Waals surface area contributed by atoms with Gasteiger partial charge in [0.2, 0.25) is 10.0 Å². The Kier molecular flexibility index (Phi) is 2.73. The molecule has 0 bridgehead atoms. The summed E-state index contributed by atoms with van der Waals surface area (Å²) in [6, 6.07) is 3.58. The van der Waals surface area contributed by atoms with Crippen molar-refractivity contribution in [2.75, 3.05) is 13.1 Å². The Hall–Kier alpha value is -0.980. The lowest BCUT2D eigenvalue weighted by atomic mass is 10.2.